The summed E-state index contributed by atoms with van der Waals surface area (Å²) in [5.74, 6) is -1.20. The number of esters is 2. The van der Waals surface area contributed by atoms with Gasteiger partial charge in [0, 0.05) is 0 Å². The Kier molecular flexibility index (Phi) is 9.92. The number of unbranched alkanes of at least 4 members (excludes halogenated alkanes) is 2. The van der Waals surface area contributed by atoms with E-state index >= 15 is 0 Å². The van der Waals surface area contributed by atoms with Crippen LogP contribution in [0, 0.1) is 5.92 Å². The van der Waals surface area contributed by atoms with E-state index in [1.165, 1.54) is 0 Å². The number of hydrogen-bond donors (Lipinski definition) is 0. The normalized spacial score (nSPS) is 10.5. The summed E-state index contributed by atoms with van der Waals surface area (Å²) in [5, 5.41) is 0.585. The molecule has 0 spiro atoms. The Morgan fingerprint density at radius 3 is 2.21 bits per heavy atom. The van der Waals surface area contributed by atoms with E-state index in [1.807, 2.05) is 18.2 Å². The van der Waals surface area contributed by atoms with Gasteiger partial charge in [-0.05, 0) is 38.8 Å². The SMILES string of the molecule is CCOC(=O)C(CCCCCOc1ccccc1Cl)C(=O)OCC. The zero-order chi connectivity index (χ0) is 17.8. The first-order valence-electron chi connectivity index (χ1n) is 8.30. The lowest BCUT2D eigenvalue weighted by Crippen LogP contribution is -2.28. The molecule has 1 aromatic rings. The highest BCUT2D eigenvalue weighted by atomic mass is 35.5. The highest BCUT2D eigenvalue weighted by Gasteiger charge is 2.28. The van der Waals surface area contributed by atoms with Gasteiger partial charge in [-0.3, -0.25) is 9.59 Å². The quantitative estimate of drug-likeness (QED) is 0.340. The fourth-order valence-corrected chi connectivity index (χ4v) is 2.38. The van der Waals surface area contributed by atoms with Crippen molar-refractivity contribution in [1.29, 1.82) is 0 Å². The van der Waals surface area contributed by atoms with Crippen molar-refractivity contribution in [3.63, 3.8) is 0 Å². The van der Waals surface area contributed by atoms with Crippen molar-refractivity contribution in [3.05, 3.63) is 29.3 Å². The number of benzene rings is 1. The lowest BCUT2D eigenvalue weighted by atomic mass is 10.0. The number of halogens is 1. The van der Waals surface area contributed by atoms with Gasteiger partial charge in [-0.15, -0.1) is 0 Å². The van der Waals surface area contributed by atoms with Gasteiger partial charge in [-0.2, -0.15) is 0 Å². The maximum atomic E-state index is 11.8. The van der Waals surface area contributed by atoms with Crippen molar-refractivity contribution in [2.45, 2.75) is 39.5 Å². The molecule has 0 atom stereocenters. The maximum absolute atomic E-state index is 11.8. The van der Waals surface area contributed by atoms with Crippen LogP contribution in [0.15, 0.2) is 24.3 Å². The second-order valence-electron chi connectivity index (χ2n) is 5.18. The number of ether oxygens (including phenoxy) is 3. The largest absolute Gasteiger partial charge is 0.492 e. The van der Waals surface area contributed by atoms with Gasteiger partial charge in [-0.25, -0.2) is 0 Å². The van der Waals surface area contributed by atoms with E-state index in [-0.39, 0.29) is 13.2 Å². The van der Waals surface area contributed by atoms with Crippen LogP contribution in [-0.4, -0.2) is 31.8 Å². The van der Waals surface area contributed by atoms with Crippen LogP contribution in [0.1, 0.15) is 39.5 Å². The summed E-state index contributed by atoms with van der Waals surface area (Å²) < 4.78 is 15.5. The lowest BCUT2D eigenvalue weighted by Gasteiger charge is -2.14. The molecule has 1 aromatic carbocycles. The van der Waals surface area contributed by atoms with Gasteiger partial charge < -0.3 is 14.2 Å². The first-order chi connectivity index (χ1) is 11.6. The van der Waals surface area contributed by atoms with Crippen LogP contribution in [0.5, 0.6) is 5.75 Å². The van der Waals surface area contributed by atoms with E-state index in [4.69, 9.17) is 25.8 Å². The molecule has 5 nitrogen and oxygen atoms in total. The molecular formula is C18H25ClO5. The number of hydrogen-bond acceptors (Lipinski definition) is 5. The van der Waals surface area contributed by atoms with E-state index in [0.29, 0.717) is 30.2 Å². The fourth-order valence-electron chi connectivity index (χ4n) is 2.19. The van der Waals surface area contributed by atoms with Crippen LogP contribution in [0.25, 0.3) is 0 Å². The average Bonchev–Trinajstić information content (AvgIpc) is 2.56. The molecule has 0 radical (unpaired) electrons. The third-order valence-electron chi connectivity index (χ3n) is 3.37. The molecule has 0 bridgehead atoms. The van der Waals surface area contributed by atoms with E-state index in [2.05, 4.69) is 0 Å². The minimum Gasteiger partial charge on any atom is -0.492 e. The molecule has 0 N–H and O–H groups in total. The molecule has 0 fully saturated rings. The minimum absolute atomic E-state index is 0.250. The summed E-state index contributed by atoms with van der Waals surface area (Å²) in [6, 6.07) is 7.31. The van der Waals surface area contributed by atoms with E-state index in [9.17, 15) is 9.59 Å². The van der Waals surface area contributed by atoms with Gasteiger partial charge in [-0.1, -0.05) is 36.6 Å². The van der Waals surface area contributed by atoms with Crippen molar-refractivity contribution >= 4 is 23.5 Å². The molecule has 0 aliphatic carbocycles. The predicted octanol–water partition coefficient (Wildman–Crippen LogP) is 4.02. The second kappa shape index (κ2) is 11.7. The van der Waals surface area contributed by atoms with Crippen LogP contribution in [0.4, 0.5) is 0 Å². The molecule has 0 saturated heterocycles. The predicted molar refractivity (Wildman–Crippen MR) is 92.2 cm³/mol. The van der Waals surface area contributed by atoms with E-state index in [0.717, 1.165) is 12.8 Å². The molecule has 0 aliphatic heterocycles. The minimum atomic E-state index is -0.839. The Morgan fingerprint density at radius 2 is 1.62 bits per heavy atom. The third kappa shape index (κ3) is 7.21. The van der Waals surface area contributed by atoms with E-state index in [1.54, 1.807) is 19.9 Å². The molecule has 24 heavy (non-hydrogen) atoms. The Balaban J connectivity index is 2.30. The zero-order valence-electron chi connectivity index (χ0n) is 14.3. The van der Waals surface area contributed by atoms with Gasteiger partial charge >= 0.3 is 11.9 Å². The highest BCUT2D eigenvalue weighted by molar-refractivity contribution is 6.32. The van der Waals surface area contributed by atoms with Crippen molar-refractivity contribution in [3.8, 4) is 5.75 Å². The molecule has 0 saturated carbocycles. The Hall–Kier alpha value is -1.75. The second-order valence-corrected chi connectivity index (χ2v) is 5.59. The Labute approximate surface area is 148 Å². The zero-order valence-corrected chi connectivity index (χ0v) is 15.0. The first kappa shape index (κ1) is 20.3. The molecule has 0 unspecified atom stereocenters. The molecule has 0 aliphatic rings. The molecule has 0 aromatic heterocycles. The summed E-state index contributed by atoms with van der Waals surface area (Å²) >= 11 is 6.01. The Bertz CT molecular complexity index is 500. The van der Waals surface area contributed by atoms with Crippen molar-refractivity contribution in [1.82, 2.24) is 0 Å². The Morgan fingerprint density at radius 1 is 1.00 bits per heavy atom. The molecule has 0 amide bonds. The van der Waals surface area contributed by atoms with Gasteiger partial charge in [0.1, 0.15) is 5.75 Å². The molecular weight excluding hydrogens is 332 g/mol. The van der Waals surface area contributed by atoms with Crippen LogP contribution >= 0.6 is 11.6 Å². The summed E-state index contributed by atoms with van der Waals surface area (Å²) in [6.07, 6.45) is 2.78. The third-order valence-corrected chi connectivity index (χ3v) is 3.69. The monoisotopic (exact) mass is 356 g/mol. The van der Waals surface area contributed by atoms with Gasteiger partial charge in [0.2, 0.25) is 0 Å². The first-order valence-corrected chi connectivity index (χ1v) is 8.68. The average molecular weight is 357 g/mol. The molecule has 1 rings (SSSR count). The smallest absolute Gasteiger partial charge is 0.320 e. The molecule has 134 valence electrons. The molecule has 6 heteroatoms. The summed E-state index contributed by atoms with van der Waals surface area (Å²) in [4.78, 5) is 23.7. The topological polar surface area (TPSA) is 61.8 Å². The van der Waals surface area contributed by atoms with Gasteiger partial charge in [0.25, 0.3) is 0 Å². The van der Waals surface area contributed by atoms with Crippen LogP contribution in [0.2, 0.25) is 5.02 Å². The summed E-state index contributed by atoms with van der Waals surface area (Å²) in [7, 11) is 0. The number of rotatable bonds is 11. The summed E-state index contributed by atoms with van der Waals surface area (Å²) in [6.45, 7) is 4.46. The lowest BCUT2D eigenvalue weighted by molar-refractivity contribution is -0.161. The van der Waals surface area contributed by atoms with E-state index < -0.39 is 17.9 Å². The van der Waals surface area contributed by atoms with Crippen molar-refractivity contribution in [2.75, 3.05) is 19.8 Å². The molecule has 0 heterocycles. The van der Waals surface area contributed by atoms with Crippen LogP contribution in [-0.2, 0) is 19.1 Å². The number of carbonyl (C=O) groups is 2. The van der Waals surface area contributed by atoms with Crippen LogP contribution < -0.4 is 4.74 Å². The standard InChI is InChI=1S/C18H25ClO5/c1-3-22-17(20)14(18(21)23-4-2)10-6-5-9-13-24-16-12-8-7-11-15(16)19/h7-8,11-12,14H,3-6,9-10,13H2,1-2H3. The fraction of sp³-hybridized carbons (Fsp3) is 0.556. The van der Waals surface area contributed by atoms with Crippen molar-refractivity contribution < 1.29 is 23.8 Å². The van der Waals surface area contributed by atoms with Crippen LogP contribution in [0.3, 0.4) is 0 Å². The number of para-hydroxylation sites is 1. The van der Waals surface area contributed by atoms with Crippen molar-refractivity contribution in [2.24, 2.45) is 5.92 Å². The van der Waals surface area contributed by atoms with Gasteiger partial charge in [0.15, 0.2) is 5.92 Å². The highest BCUT2D eigenvalue weighted by Crippen LogP contribution is 2.23. The summed E-state index contributed by atoms with van der Waals surface area (Å²) in [5.41, 5.74) is 0. The van der Waals surface area contributed by atoms with Gasteiger partial charge in [0.05, 0.1) is 24.8 Å². The maximum Gasteiger partial charge on any atom is 0.320 e. The number of carbonyl (C=O) groups excluding carboxylic acids is 2.